The molecule has 1 aliphatic heterocycles. The van der Waals surface area contributed by atoms with Crippen LogP contribution in [-0.2, 0) is 11.2 Å². The smallest absolute Gasteiger partial charge is 0.152 e. The number of methoxy groups -OCH3 is 1. The Morgan fingerprint density at radius 1 is 0.938 bits per heavy atom. The number of benzene rings is 3. The van der Waals surface area contributed by atoms with Crippen molar-refractivity contribution in [3.63, 3.8) is 0 Å². The van der Waals surface area contributed by atoms with Crippen LogP contribution in [0.3, 0.4) is 0 Å². The minimum atomic E-state index is -1.38. The fourth-order valence-electron chi connectivity index (χ4n) is 3.79. The van der Waals surface area contributed by atoms with Crippen LogP contribution in [0.2, 0.25) is 5.02 Å². The molecule has 0 aliphatic carbocycles. The molecule has 0 bridgehead atoms. The molecule has 3 N–H and O–H groups in total. The number of rotatable bonds is 5. The van der Waals surface area contributed by atoms with E-state index in [4.69, 9.17) is 21.1 Å². The summed E-state index contributed by atoms with van der Waals surface area (Å²) < 4.78 is 11.2. The highest BCUT2D eigenvalue weighted by atomic mass is 35.5. The number of halogens is 1. The van der Waals surface area contributed by atoms with Crippen LogP contribution in [0.1, 0.15) is 28.4 Å². The standard InChI is InChI=1S/C26H25ClO5/c1-31-20-10-7-17(8-11-20)13-19-15-18(9-12-21(19)27)26-25(30)24(29)23(28)22(32-26)14-16-5-3-2-4-6-16/h2-12,14-15,23-26,28-30H,13H2,1H3/b22-14-/t23-,24?,25-,26+/m1/s1. The molecule has 0 saturated carbocycles. The molecule has 3 aromatic carbocycles. The van der Waals surface area contributed by atoms with Crippen LogP contribution in [0, 0.1) is 0 Å². The lowest BCUT2D eigenvalue weighted by atomic mass is 9.91. The van der Waals surface area contributed by atoms with Crippen molar-refractivity contribution in [1.29, 1.82) is 0 Å². The topological polar surface area (TPSA) is 79.2 Å². The van der Waals surface area contributed by atoms with Gasteiger partial charge in [-0.25, -0.2) is 0 Å². The van der Waals surface area contributed by atoms with Crippen LogP contribution in [0.25, 0.3) is 6.08 Å². The first kappa shape index (κ1) is 22.4. The molecule has 4 atom stereocenters. The summed E-state index contributed by atoms with van der Waals surface area (Å²) in [6.07, 6.45) is -2.61. The first-order valence-corrected chi connectivity index (χ1v) is 10.7. The molecule has 0 aromatic heterocycles. The summed E-state index contributed by atoms with van der Waals surface area (Å²) in [5.41, 5.74) is 3.39. The van der Waals surface area contributed by atoms with Gasteiger partial charge in [0.15, 0.2) is 6.10 Å². The molecule has 5 nitrogen and oxygen atoms in total. The van der Waals surface area contributed by atoms with Gasteiger partial charge in [-0.2, -0.15) is 0 Å². The summed E-state index contributed by atoms with van der Waals surface area (Å²) in [6, 6.07) is 22.5. The van der Waals surface area contributed by atoms with Gasteiger partial charge >= 0.3 is 0 Å². The molecule has 0 amide bonds. The third-order valence-corrected chi connectivity index (χ3v) is 5.97. The van der Waals surface area contributed by atoms with E-state index in [9.17, 15) is 15.3 Å². The van der Waals surface area contributed by atoms with Crippen molar-refractivity contribution in [2.24, 2.45) is 0 Å². The highest BCUT2D eigenvalue weighted by Gasteiger charge is 2.42. The lowest BCUT2D eigenvalue weighted by molar-refractivity contribution is -0.156. The maximum atomic E-state index is 10.6. The summed E-state index contributed by atoms with van der Waals surface area (Å²) in [4.78, 5) is 0. The van der Waals surface area contributed by atoms with Crippen LogP contribution in [0.15, 0.2) is 78.6 Å². The summed E-state index contributed by atoms with van der Waals surface area (Å²) in [5, 5.41) is 32.1. The normalized spacial score (nSPS) is 24.2. The zero-order valence-corrected chi connectivity index (χ0v) is 18.3. The van der Waals surface area contributed by atoms with Crippen molar-refractivity contribution in [3.05, 3.63) is 106 Å². The predicted octanol–water partition coefficient (Wildman–Crippen LogP) is 4.13. The average molecular weight is 453 g/mol. The molecule has 0 spiro atoms. The van der Waals surface area contributed by atoms with Crippen LogP contribution < -0.4 is 4.74 Å². The maximum absolute atomic E-state index is 10.6. The van der Waals surface area contributed by atoms with Gasteiger partial charge in [0.1, 0.15) is 29.8 Å². The Bertz CT molecular complexity index is 1080. The van der Waals surface area contributed by atoms with Crippen molar-refractivity contribution in [1.82, 2.24) is 0 Å². The summed E-state index contributed by atoms with van der Waals surface area (Å²) in [7, 11) is 1.62. The van der Waals surface area contributed by atoms with Crippen LogP contribution in [-0.4, -0.2) is 40.7 Å². The Morgan fingerprint density at radius 3 is 2.34 bits per heavy atom. The van der Waals surface area contributed by atoms with E-state index in [0.29, 0.717) is 17.0 Å². The molecule has 3 aromatic rings. The fourth-order valence-corrected chi connectivity index (χ4v) is 3.97. The first-order chi connectivity index (χ1) is 15.5. The van der Waals surface area contributed by atoms with Gasteiger partial charge in [-0.05, 0) is 52.9 Å². The number of aliphatic hydroxyl groups excluding tert-OH is 3. The summed E-state index contributed by atoms with van der Waals surface area (Å²) in [5.74, 6) is 0.975. The molecule has 1 unspecified atom stereocenters. The second-order valence-electron chi connectivity index (χ2n) is 7.80. The minimum Gasteiger partial charge on any atom is -0.497 e. The third kappa shape index (κ3) is 4.81. The second kappa shape index (κ2) is 9.76. The summed E-state index contributed by atoms with van der Waals surface area (Å²) >= 11 is 6.44. The van der Waals surface area contributed by atoms with Gasteiger partial charge in [-0.15, -0.1) is 0 Å². The monoisotopic (exact) mass is 452 g/mol. The van der Waals surface area contributed by atoms with E-state index < -0.39 is 24.4 Å². The van der Waals surface area contributed by atoms with E-state index in [0.717, 1.165) is 22.4 Å². The highest BCUT2D eigenvalue weighted by Crippen LogP contribution is 2.36. The molecule has 4 rings (SSSR count). The van der Waals surface area contributed by atoms with E-state index in [1.54, 1.807) is 25.3 Å². The van der Waals surface area contributed by atoms with Gasteiger partial charge in [0.25, 0.3) is 0 Å². The predicted molar refractivity (Wildman–Crippen MR) is 124 cm³/mol. The number of aliphatic hydroxyl groups is 3. The summed E-state index contributed by atoms with van der Waals surface area (Å²) in [6.45, 7) is 0. The van der Waals surface area contributed by atoms with E-state index in [1.165, 1.54) is 0 Å². The van der Waals surface area contributed by atoms with Crippen molar-refractivity contribution in [2.45, 2.75) is 30.8 Å². The molecular weight excluding hydrogens is 428 g/mol. The number of hydrogen-bond donors (Lipinski definition) is 3. The zero-order chi connectivity index (χ0) is 22.7. The van der Waals surface area contributed by atoms with Gasteiger partial charge in [0, 0.05) is 5.02 Å². The molecule has 32 heavy (non-hydrogen) atoms. The van der Waals surface area contributed by atoms with Gasteiger partial charge < -0.3 is 24.8 Å². The largest absolute Gasteiger partial charge is 0.497 e. The Kier molecular flexibility index (Phi) is 6.82. The van der Waals surface area contributed by atoms with E-state index in [2.05, 4.69) is 0 Å². The van der Waals surface area contributed by atoms with Crippen LogP contribution >= 0.6 is 11.6 Å². The Labute approximate surface area is 192 Å². The van der Waals surface area contributed by atoms with Crippen molar-refractivity contribution in [3.8, 4) is 5.75 Å². The molecule has 1 heterocycles. The van der Waals surface area contributed by atoms with Gasteiger partial charge in [0.05, 0.1) is 7.11 Å². The average Bonchev–Trinajstić information content (AvgIpc) is 2.82. The highest BCUT2D eigenvalue weighted by molar-refractivity contribution is 6.31. The Hall–Kier alpha value is -2.83. The molecule has 6 heteroatoms. The molecule has 166 valence electrons. The van der Waals surface area contributed by atoms with Gasteiger partial charge in [0.2, 0.25) is 0 Å². The molecule has 1 aliphatic rings. The first-order valence-electron chi connectivity index (χ1n) is 10.3. The SMILES string of the molecule is COc1ccc(Cc2cc([C@@H]3O/C(=C\c4ccccc4)[C@@H](O)C(O)[C@H]3O)ccc2Cl)cc1. The van der Waals surface area contributed by atoms with Gasteiger partial charge in [-0.3, -0.25) is 0 Å². The lowest BCUT2D eigenvalue weighted by Gasteiger charge is -2.38. The molecular formula is C26H25ClO5. The minimum absolute atomic E-state index is 0.200. The molecule has 1 fully saturated rings. The zero-order valence-electron chi connectivity index (χ0n) is 17.6. The van der Waals surface area contributed by atoms with E-state index in [-0.39, 0.29) is 5.76 Å². The van der Waals surface area contributed by atoms with Crippen molar-refractivity contribution < 1.29 is 24.8 Å². The number of hydrogen-bond acceptors (Lipinski definition) is 5. The van der Waals surface area contributed by atoms with Crippen LogP contribution in [0.5, 0.6) is 5.75 Å². The van der Waals surface area contributed by atoms with Crippen LogP contribution in [0.4, 0.5) is 0 Å². The Morgan fingerprint density at radius 2 is 1.66 bits per heavy atom. The van der Waals surface area contributed by atoms with E-state index >= 15 is 0 Å². The fraction of sp³-hybridized carbons (Fsp3) is 0.231. The van der Waals surface area contributed by atoms with Crippen molar-refractivity contribution >= 4 is 17.7 Å². The maximum Gasteiger partial charge on any atom is 0.152 e. The molecule has 1 saturated heterocycles. The third-order valence-electron chi connectivity index (χ3n) is 5.60. The van der Waals surface area contributed by atoms with E-state index in [1.807, 2.05) is 60.7 Å². The van der Waals surface area contributed by atoms with Gasteiger partial charge in [-0.1, -0.05) is 66.2 Å². The quantitative estimate of drug-likeness (QED) is 0.542. The second-order valence-corrected chi connectivity index (χ2v) is 8.20. The molecule has 0 radical (unpaired) electrons. The Balaban J connectivity index is 1.62. The lowest BCUT2D eigenvalue weighted by Crippen LogP contribution is -2.47. The van der Waals surface area contributed by atoms with Crippen molar-refractivity contribution in [2.75, 3.05) is 7.11 Å². The number of ether oxygens (including phenoxy) is 2.